The summed E-state index contributed by atoms with van der Waals surface area (Å²) in [5.41, 5.74) is 0.318. The Balaban J connectivity index is 1.31. The zero-order valence-electron chi connectivity index (χ0n) is 20.9. The second-order valence-corrected chi connectivity index (χ2v) is 10.4. The number of rotatable bonds is 6. The lowest BCUT2D eigenvalue weighted by atomic mass is 9.80. The highest BCUT2D eigenvalue weighted by molar-refractivity contribution is 5.89. The number of nitrogens with one attached hydrogen (secondary N) is 1. The standard InChI is InChI=1S/C28H30F4N4O2/c29-25-5-4-22(16-24(25)28(30,31)32)34-26(37)36(9-8-35-10-12-38-13-11-35)23-6-7-27(17-21(27)15-23)20-3-1-2-19(14-20)18-33/h1-5,14,16,21,23H,6-13,15,17H2,(H,34,37)/t21?,23-,27-/m1/s1. The summed E-state index contributed by atoms with van der Waals surface area (Å²) in [6, 6.07) is 11.9. The first kappa shape index (κ1) is 26.4. The molecule has 202 valence electrons. The third kappa shape index (κ3) is 5.49. The molecule has 0 spiro atoms. The van der Waals surface area contributed by atoms with E-state index in [2.05, 4.69) is 22.4 Å². The molecule has 0 radical (unpaired) electrons. The van der Waals surface area contributed by atoms with Crippen LogP contribution in [-0.4, -0.2) is 61.3 Å². The molecule has 1 aliphatic heterocycles. The number of carbonyl (C=O) groups excluding carboxylic acids is 1. The quantitative estimate of drug-likeness (QED) is 0.509. The van der Waals surface area contributed by atoms with Crippen LogP contribution in [0.3, 0.4) is 0 Å². The van der Waals surface area contributed by atoms with Gasteiger partial charge >= 0.3 is 12.2 Å². The number of urea groups is 1. The Bertz CT molecular complexity index is 1220. The molecule has 2 saturated carbocycles. The van der Waals surface area contributed by atoms with E-state index in [0.29, 0.717) is 43.9 Å². The molecule has 1 N–H and O–H groups in total. The average Bonchev–Trinajstić information content (AvgIpc) is 3.65. The van der Waals surface area contributed by atoms with Gasteiger partial charge in [-0.2, -0.15) is 18.4 Å². The Morgan fingerprint density at radius 1 is 1.21 bits per heavy atom. The third-order valence-electron chi connectivity index (χ3n) is 8.26. The van der Waals surface area contributed by atoms with Gasteiger partial charge in [0, 0.05) is 37.9 Å². The number of nitrogens with zero attached hydrogens (tertiary/aromatic N) is 3. The van der Waals surface area contributed by atoms with E-state index in [1.165, 1.54) is 0 Å². The molecule has 3 atom stereocenters. The van der Waals surface area contributed by atoms with E-state index in [9.17, 15) is 27.6 Å². The lowest BCUT2D eigenvalue weighted by molar-refractivity contribution is -0.139. The molecule has 1 unspecified atom stereocenters. The highest BCUT2D eigenvalue weighted by atomic mass is 19.4. The van der Waals surface area contributed by atoms with Gasteiger partial charge in [-0.25, -0.2) is 9.18 Å². The minimum Gasteiger partial charge on any atom is -0.379 e. The molecule has 2 aromatic rings. The zero-order valence-corrected chi connectivity index (χ0v) is 20.9. The summed E-state index contributed by atoms with van der Waals surface area (Å²) in [5.74, 6) is -1.01. The van der Waals surface area contributed by atoms with E-state index in [-0.39, 0.29) is 17.1 Å². The number of hydrogen-bond acceptors (Lipinski definition) is 4. The monoisotopic (exact) mass is 530 g/mol. The summed E-state index contributed by atoms with van der Waals surface area (Å²) in [5, 5.41) is 11.9. The highest BCUT2D eigenvalue weighted by Gasteiger charge is 2.58. The number of halogens is 4. The molecular weight excluding hydrogens is 500 g/mol. The van der Waals surface area contributed by atoms with Gasteiger partial charge in [-0.15, -0.1) is 0 Å². The van der Waals surface area contributed by atoms with Crippen LogP contribution in [-0.2, 0) is 16.3 Å². The van der Waals surface area contributed by atoms with Crippen molar-refractivity contribution in [3.63, 3.8) is 0 Å². The SMILES string of the molecule is N#Cc1cccc([C@]23CC[C@@H](N(CCN4CCOCC4)C(=O)Nc4ccc(F)c(C(F)(F)F)c4)CC2C3)c1. The Morgan fingerprint density at radius 3 is 2.71 bits per heavy atom. The van der Waals surface area contributed by atoms with Crippen LogP contribution in [0.25, 0.3) is 0 Å². The van der Waals surface area contributed by atoms with Crippen molar-refractivity contribution in [2.24, 2.45) is 5.92 Å². The molecular formula is C28H30F4N4O2. The van der Waals surface area contributed by atoms with Crippen LogP contribution in [0.4, 0.5) is 28.0 Å². The second-order valence-electron chi connectivity index (χ2n) is 10.4. The van der Waals surface area contributed by atoms with E-state index in [1.54, 1.807) is 11.0 Å². The van der Waals surface area contributed by atoms with Crippen LogP contribution in [0.5, 0.6) is 0 Å². The first-order valence-corrected chi connectivity index (χ1v) is 12.9. The molecule has 1 saturated heterocycles. The molecule has 3 aliphatic rings. The van der Waals surface area contributed by atoms with Crippen LogP contribution >= 0.6 is 0 Å². The Kier molecular flexibility index (Phi) is 7.34. The third-order valence-corrected chi connectivity index (χ3v) is 8.26. The van der Waals surface area contributed by atoms with Crippen molar-refractivity contribution in [3.05, 3.63) is 65.0 Å². The number of alkyl halides is 3. The molecule has 2 amide bonds. The highest BCUT2D eigenvalue weighted by Crippen LogP contribution is 2.62. The van der Waals surface area contributed by atoms with Gasteiger partial charge in [-0.05, 0) is 72.9 Å². The van der Waals surface area contributed by atoms with Gasteiger partial charge in [0.1, 0.15) is 5.82 Å². The fraction of sp³-hybridized carbons (Fsp3) is 0.500. The average molecular weight is 531 g/mol. The van der Waals surface area contributed by atoms with Crippen molar-refractivity contribution in [3.8, 4) is 6.07 Å². The molecule has 10 heteroatoms. The zero-order chi connectivity index (χ0) is 26.9. The van der Waals surface area contributed by atoms with Crippen LogP contribution in [0, 0.1) is 23.1 Å². The number of benzene rings is 2. The van der Waals surface area contributed by atoms with Crippen molar-refractivity contribution in [1.29, 1.82) is 5.26 Å². The number of anilines is 1. The van der Waals surface area contributed by atoms with Crippen molar-refractivity contribution < 1.29 is 27.1 Å². The minimum absolute atomic E-state index is 0.0221. The maximum atomic E-state index is 13.8. The van der Waals surface area contributed by atoms with Gasteiger partial charge in [0.2, 0.25) is 0 Å². The number of morpholine rings is 1. The number of carbonyl (C=O) groups is 1. The molecule has 6 nitrogen and oxygen atoms in total. The molecule has 38 heavy (non-hydrogen) atoms. The van der Waals surface area contributed by atoms with Crippen molar-refractivity contribution in [2.75, 3.05) is 44.7 Å². The summed E-state index contributed by atoms with van der Waals surface area (Å²) in [6.07, 6.45) is -1.47. The van der Waals surface area contributed by atoms with Gasteiger partial charge in [0.25, 0.3) is 0 Å². The van der Waals surface area contributed by atoms with Gasteiger partial charge in [0.05, 0.1) is 30.4 Å². The number of fused-ring (bicyclic) bond motifs is 1. The van der Waals surface area contributed by atoms with Gasteiger partial charge in [0.15, 0.2) is 0 Å². The first-order chi connectivity index (χ1) is 18.2. The van der Waals surface area contributed by atoms with Gasteiger partial charge in [-0.3, -0.25) is 4.90 Å². The predicted molar refractivity (Wildman–Crippen MR) is 133 cm³/mol. The maximum Gasteiger partial charge on any atom is 0.419 e. The van der Waals surface area contributed by atoms with E-state index in [4.69, 9.17) is 4.74 Å². The second kappa shape index (κ2) is 10.5. The van der Waals surface area contributed by atoms with Crippen molar-refractivity contribution >= 4 is 11.7 Å². The largest absolute Gasteiger partial charge is 0.419 e. The van der Waals surface area contributed by atoms with Crippen LogP contribution in [0.15, 0.2) is 42.5 Å². The van der Waals surface area contributed by atoms with Gasteiger partial charge in [-0.1, -0.05) is 12.1 Å². The van der Waals surface area contributed by atoms with Crippen LogP contribution in [0.2, 0.25) is 0 Å². The maximum absolute atomic E-state index is 13.8. The van der Waals surface area contributed by atoms with Crippen molar-refractivity contribution in [2.45, 2.75) is 43.3 Å². The Labute approximate surface area is 219 Å². The normalized spacial score (nSPS) is 25.2. The van der Waals surface area contributed by atoms with E-state index in [1.807, 2.05) is 12.1 Å². The number of amides is 2. The summed E-state index contributed by atoms with van der Waals surface area (Å²) in [6.45, 7) is 3.82. The fourth-order valence-electron chi connectivity index (χ4n) is 6.09. The van der Waals surface area contributed by atoms with Crippen molar-refractivity contribution in [1.82, 2.24) is 9.80 Å². The summed E-state index contributed by atoms with van der Waals surface area (Å²) in [4.78, 5) is 17.4. The summed E-state index contributed by atoms with van der Waals surface area (Å²) in [7, 11) is 0. The van der Waals surface area contributed by atoms with Crippen LogP contribution < -0.4 is 5.32 Å². The Morgan fingerprint density at radius 2 is 2.00 bits per heavy atom. The summed E-state index contributed by atoms with van der Waals surface area (Å²) < 4.78 is 58.8. The van der Waals surface area contributed by atoms with Gasteiger partial charge < -0.3 is 15.0 Å². The molecule has 0 bridgehead atoms. The molecule has 2 aromatic carbocycles. The molecule has 2 aliphatic carbocycles. The smallest absolute Gasteiger partial charge is 0.379 e. The number of nitriles is 1. The molecule has 5 rings (SSSR count). The van der Waals surface area contributed by atoms with Crippen LogP contribution in [0.1, 0.15) is 42.4 Å². The minimum atomic E-state index is -4.86. The molecule has 3 fully saturated rings. The lowest BCUT2D eigenvalue weighted by Gasteiger charge is -2.38. The van der Waals surface area contributed by atoms with E-state index >= 15 is 0 Å². The van der Waals surface area contributed by atoms with E-state index < -0.39 is 23.6 Å². The fourth-order valence-corrected chi connectivity index (χ4v) is 6.09. The molecule has 0 aromatic heterocycles. The Hall–Kier alpha value is -3.16. The summed E-state index contributed by atoms with van der Waals surface area (Å²) >= 11 is 0. The lowest BCUT2D eigenvalue weighted by Crippen LogP contribution is -2.49. The topological polar surface area (TPSA) is 68.6 Å². The number of hydrogen-bond donors (Lipinski definition) is 1. The molecule has 1 heterocycles. The van der Waals surface area contributed by atoms with E-state index in [0.717, 1.165) is 56.5 Å². The first-order valence-electron chi connectivity index (χ1n) is 12.9. The number of ether oxygens (including phenoxy) is 1. The predicted octanol–water partition coefficient (Wildman–Crippen LogP) is 5.39.